The lowest BCUT2D eigenvalue weighted by molar-refractivity contribution is 0.551. The Morgan fingerprint density at radius 2 is 1.95 bits per heavy atom. The van der Waals surface area contributed by atoms with Gasteiger partial charge in [-0.3, -0.25) is 11.3 Å². The van der Waals surface area contributed by atoms with Gasteiger partial charge >= 0.3 is 0 Å². The smallest absolute Gasteiger partial charge is 0.0500 e. The summed E-state index contributed by atoms with van der Waals surface area (Å²) in [5.74, 6) is 5.80. The number of hydrogen-bond donors (Lipinski definition) is 2. The molecule has 0 amide bonds. The Kier molecular flexibility index (Phi) is 4.43. The molecule has 0 bridgehead atoms. The van der Waals surface area contributed by atoms with Gasteiger partial charge in [0.25, 0.3) is 0 Å². The summed E-state index contributed by atoms with van der Waals surface area (Å²) in [4.78, 5) is 0. The largest absolute Gasteiger partial charge is 0.271 e. The van der Waals surface area contributed by atoms with Crippen molar-refractivity contribution >= 4 is 15.9 Å². The summed E-state index contributed by atoms with van der Waals surface area (Å²) in [5, 5.41) is 0. The van der Waals surface area contributed by atoms with Crippen LogP contribution in [0.1, 0.15) is 40.3 Å². The van der Waals surface area contributed by atoms with E-state index in [-0.39, 0.29) is 6.04 Å². The Morgan fingerprint density at radius 1 is 1.14 bits per heavy atom. The highest BCUT2D eigenvalue weighted by molar-refractivity contribution is 9.10. The lowest BCUT2D eigenvalue weighted by Gasteiger charge is -2.18. The second kappa shape index (κ2) is 6.30. The van der Waals surface area contributed by atoms with Crippen LogP contribution in [0, 0.1) is 6.92 Å². The monoisotopic (exact) mass is 344 g/mol. The molecule has 1 unspecified atom stereocenters. The highest BCUT2D eigenvalue weighted by Crippen LogP contribution is 2.27. The number of benzene rings is 2. The number of hydrogen-bond acceptors (Lipinski definition) is 2. The average Bonchev–Trinajstić information content (AvgIpc) is 2.91. The van der Waals surface area contributed by atoms with Gasteiger partial charge in [0.15, 0.2) is 0 Å². The molecule has 3 heteroatoms. The van der Waals surface area contributed by atoms with E-state index in [0.29, 0.717) is 0 Å². The molecule has 110 valence electrons. The van der Waals surface area contributed by atoms with Crippen molar-refractivity contribution in [2.75, 3.05) is 0 Å². The summed E-state index contributed by atoms with van der Waals surface area (Å²) in [6, 6.07) is 13.5. The van der Waals surface area contributed by atoms with Crippen molar-refractivity contribution in [3.05, 3.63) is 68.7 Å². The zero-order valence-corrected chi connectivity index (χ0v) is 13.9. The fourth-order valence-corrected chi connectivity index (χ4v) is 3.85. The number of rotatable bonds is 4. The Balaban J connectivity index is 1.84. The molecule has 2 aromatic carbocycles. The number of fused-ring (bicyclic) bond motifs is 1. The Bertz CT molecular complexity index is 631. The van der Waals surface area contributed by atoms with Crippen LogP contribution >= 0.6 is 15.9 Å². The Morgan fingerprint density at radius 3 is 2.71 bits per heavy atom. The normalized spacial score (nSPS) is 15.0. The molecule has 3 N–H and O–H groups in total. The van der Waals surface area contributed by atoms with Gasteiger partial charge in [-0.2, -0.15) is 0 Å². The quantitative estimate of drug-likeness (QED) is 0.649. The molecule has 0 saturated carbocycles. The van der Waals surface area contributed by atoms with E-state index in [9.17, 15) is 0 Å². The molecule has 21 heavy (non-hydrogen) atoms. The van der Waals surface area contributed by atoms with Crippen molar-refractivity contribution in [1.82, 2.24) is 5.43 Å². The van der Waals surface area contributed by atoms with E-state index in [1.807, 2.05) is 0 Å². The molecule has 2 nitrogen and oxygen atoms in total. The van der Waals surface area contributed by atoms with E-state index in [0.717, 1.165) is 10.9 Å². The maximum Gasteiger partial charge on any atom is 0.0500 e. The minimum atomic E-state index is 0.139. The lowest BCUT2D eigenvalue weighted by atomic mass is 9.96. The fourth-order valence-electron chi connectivity index (χ4n) is 3.23. The SMILES string of the molecule is Cc1cc(Br)cc(C(Cc2ccc3c(c2)CCC3)NN)c1. The topological polar surface area (TPSA) is 38.0 Å². The van der Waals surface area contributed by atoms with Gasteiger partial charge in [0.05, 0.1) is 6.04 Å². The van der Waals surface area contributed by atoms with Crippen LogP contribution in [-0.2, 0) is 19.3 Å². The molecule has 0 radical (unpaired) electrons. The molecule has 0 fully saturated rings. The lowest BCUT2D eigenvalue weighted by Crippen LogP contribution is -2.29. The van der Waals surface area contributed by atoms with Gasteiger partial charge < -0.3 is 0 Å². The van der Waals surface area contributed by atoms with Crippen LogP contribution in [0.2, 0.25) is 0 Å². The zero-order chi connectivity index (χ0) is 14.8. The van der Waals surface area contributed by atoms with Crippen LogP contribution in [0.4, 0.5) is 0 Å². The molecule has 3 rings (SSSR count). The molecular weight excluding hydrogens is 324 g/mol. The van der Waals surface area contributed by atoms with E-state index in [2.05, 4.69) is 64.7 Å². The van der Waals surface area contributed by atoms with Crippen LogP contribution < -0.4 is 11.3 Å². The van der Waals surface area contributed by atoms with Crippen LogP contribution in [0.15, 0.2) is 40.9 Å². The maximum atomic E-state index is 5.80. The minimum absolute atomic E-state index is 0.139. The molecule has 0 spiro atoms. The zero-order valence-electron chi connectivity index (χ0n) is 12.3. The van der Waals surface area contributed by atoms with E-state index >= 15 is 0 Å². The van der Waals surface area contributed by atoms with E-state index in [1.54, 1.807) is 0 Å². The molecule has 1 aliphatic carbocycles. The van der Waals surface area contributed by atoms with Crippen LogP contribution in [0.5, 0.6) is 0 Å². The van der Waals surface area contributed by atoms with E-state index in [4.69, 9.17) is 5.84 Å². The fraction of sp³-hybridized carbons (Fsp3) is 0.333. The first-order valence-electron chi connectivity index (χ1n) is 7.49. The highest BCUT2D eigenvalue weighted by Gasteiger charge is 2.15. The van der Waals surface area contributed by atoms with Crippen molar-refractivity contribution in [3.63, 3.8) is 0 Å². The third-order valence-electron chi connectivity index (χ3n) is 4.27. The molecular formula is C18H21BrN2. The summed E-state index contributed by atoms with van der Waals surface area (Å²) < 4.78 is 1.10. The third kappa shape index (κ3) is 3.37. The molecule has 1 aliphatic rings. The van der Waals surface area contributed by atoms with Gasteiger partial charge in [-0.25, -0.2) is 0 Å². The van der Waals surface area contributed by atoms with Crippen LogP contribution in [0.25, 0.3) is 0 Å². The minimum Gasteiger partial charge on any atom is -0.271 e. The third-order valence-corrected chi connectivity index (χ3v) is 4.73. The number of nitrogens with two attached hydrogens (primary N) is 1. The molecule has 0 heterocycles. The first-order chi connectivity index (χ1) is 10.2. The van der Waals surface area contributed by atoms with Gasteiger partial charge in [0.1, 0.15) is 0 Å². The maximum absolute atomic E-state index is 5.80. The predicted molar refractivity (Wildman–Crippen MR) is 91.1 cm³/mol. The van der Waals surface area contributed by atoms with Crippen molar-refractivity contribution in [3.8, 4) is 0 Å². The van der Waals surface area contributed by atoms with E-state index in [1.165, 1.54) is 47.1 Å². The van der Waals surface area contributed by atoms with Crippen molar-refractivity contribution < 1.29 is 0 Å². The van der Waals surface area contributed by atoms with E-state index < -0.39 is 0 Å². The summed E-state index contributed by atoms with van der Waals surface area (Å²) in [5.41, 5.74) is 9.84. The van der Waals surface area contributed by atoms with Gasteiger partial charge in [0.2, 0.25) is 0 Å². The van der Waals surface area contributed by atoms with Gasteiger partial charge in [-0.05, 0) is 72.6 Å². The Labute approximate surface area is 134 Å². The first-order valence-corrected chi connectivity index (χ1v) is 8.29. The summed E-state index contributed by atoms with van der Waals surface area (Å²) >= 11 is 3.57. The Hall–Kier alpha value is -1.16. The molecule has 0 aromatic heterocycles. The summed E-state index contributed by atoms with van der Waals surface area (Å²) in [6.07, 6.45) is 4.67. The number of aryl methyl sites for hydroxylation is 3. The van der Waals surface area contributed by atoms with Crippen molar-refractivity contribution in [2.24, 2.45) is 5.84 Å². The van der Waals surface area contributed by atoms with Gasteiger partial charge in [-0.15, -0.1) is 0 Å². The molecule has 0 aliphatic heterocycles. The number of nitrogens with one attached hydrogen (secondary N) is 1. The molecule has 2 aromatic rings. The van der Waals surface area contributed by atoms with Crippen molar-refractivity contribution in [2.45, 2.75) is 38.6 Å². The number of halogens is 1. The highest BCUT2D eigenvalue weighted by atomic mass is 79.9. The predicted octanol–water partition coefficient (Wildman–Crippen LogP) is 3.99. The average molecular weight is 345 g/mol. The standard InChI is InChI=1S/C18H21BrN2/c1-12-7-16(11-17(19)8-12)18(21-20)10-13-5-6-14-3-2-4-15(14)9-13/h5-9,11,18,21H,2-4,10,20H2,1H3. The molecule has 1 atom stereocenters. The second-order valence-corrected chi connectivity index (χ2v) is 6.86. The van der Waals surface area contributed by atoms with Crippen LogP contribution in [-0.4, -0.2) is 0 Å². The summed E-state index contributed by atoms with van der Waals surface area (Å²) in [6.45, 7) is 2.11. The number of hydrazine groups is 1. The second-order valence-electron chi connectivity index (χ2n) is 5.94. The summed E-state index contributed by atoms with van der Waals surface area (Å²) in [7, 11) is 0. The van der Waals surface area contributed by atoms with Gasteiger partial charge in [0, 0.05) is 4.47 Å². The van der Waals surface area contributed by atoms with Crippen molar-refractivity contribution in [1.29, 1.82) is 0 Å². The van der Waals surface area contributed by atoms with Gasteiger partial charge in [-0.1, -0.05) is 40.2 Å². The molecule has 0 saturated heterocycles. The van der Waals surface area contributed by atoms with Crippen LogP contribution in [0.3, 0.4) is 0 Å². The first kappa shape index (κ1) is 14.8.